The van der Waals surface area contributed by atoms with Gasteiger partial charge in [-0.05, 0) is 30.2 Å². The van der Waals surface area contributed by atoms with E-state index in [0.717, 1.165) is 5.56 Å². The zero-order valence-corrected chi connectivity index (χ0v) is 14.4. The quantitative estimate of drug-likeness (QED) is 0.371. The molecule has 0 aliphatic carbocycles. The molecule has 0 heterocycles. The molecule has 2 amide bonds. The van der Waals surface area contributed by atoms with E-state index in [1.807, 2.05) is 30.3 Å². The predicted molar refractivity (Wildman–Crippen MR) is 96.5 cm³/mol. The molecule has 0 saturated carbocycles. The average molecular weight is 353 g/mol. The van der Waals surface area contributed by atoms with E-state index in [2.05, 4.69) is 20.6 Å². The minimum atomic E-state index is -0.866. The van der Waals surface area contributed by atoms with Gasteiger partial charge in [0.2, 0.25) is 0 Å². The zero-order chi connectivity index (χ0) is 18.9. The van der Waals surface area contributed by atoms with Crippen molar-refractivity contribution in [3.8, 4) is 0 Å². The van der Waals surface area contributed by atoms with Crippen molar-refractivity contribution < 1.29 is 19.1 Å². The third-order valence-corrected chi connectivity index (χ3v) is 3.56. The van der Waals surface area contributed by atoms with Crippen molar-refractivity contribution in [2.75, 3.05) is 7.11 Å². The molecule has 7 nitrogen and oxygen atoms in total. The standard InChI is InChI=1S/C19H19N3O4/c1-13(15-6-4-3-5-7-15)21-17(23)18(24)22-20-12-14-8-10-16(11-9-14)19(25)26-2/h3-13H,1-2H3,(H,21,23)(H,22,24)/b20-12-/t13-/m0/s1. The Morgan fingerprint density at radius 2 is 1.65 bits per heavy atom. The third kappa shape index (κ3) is 5.27. The fraction of sp³-hybridized carbons (Fsp3) is 0.158. The zero-order valence-electron chi connectivity index (χ0n) is 14.4. The van der Waals surface area contributed by atoms with E-state index in [1.165, 1.54) is 13.3 Å². The van der Waals surface area contributed by atoms with E-state index in [0.29, 0.717) is 11.1 Å². The lowest BCUT2D eigenvalue weighted by Gasteiger charge is -2.13. The van der Waals surface area contributed by atoms with Gasteiger partial charge in [0, 0.05) is 0 Å². The van der Waals surface area contributed by atoms with Gasteiger partial charge in [0.1, 0.15) is 0 Å². The van der Waals surface area contributed by atoms with Crippen LogP contribution in [0.25, 0.3) is 0 Å². The smallest absolute Gasteiger partial charge is 0.337 e. The summed E-state index contributed by atoms with van der Waals surface area (Å²) < 4.78 is 4.60. The molecule has 26 heavy (non-hydrogen) atoms. The highest BCUT2D eigenvalue weighted by Gasteiger charge is 2.16. The summed E-state index contributed by atoms with van der Waals surface area (Å²) in [5.74, 6) is -2.08. The molecule has 0 aliphatic rings. The minimum absolute atomic E-state index is 0.302. The molecule has 0 spiro atoms. The van der Waals surface area contributed by atoms with Crippen molar-refractivity contribution in [1.82, 2.24) is 10.7 Å². The second-order valence-corrected chi connectivity index (χ2v) is 5.42. The van der Waals surface area contributed by atoms with Gasteiger partial charge in [-0.15, -0.1) is 0 Å². The van der Waals surface area contributed by atoms with Crippen LogP contribution >= 0.6 is 0 Å². The normalized spacial score (nSPS) is 11.6. The number of carbonyl (C=O) groups excluding carboxylic acids is 3. The number of nitrogens with one attached hydrogen (secondary N) is 2. The first kappa shape index (κ1) is 18.9. The van der Waals surface area contributed by atoms with Crippen molar-refractivity contribution in [2.24, 2.45) is 5.10 Å². The van der Waals surface area contributed by atoms with E-state index >= 15 is 0 Å². The summed E-state index contributed by atoms with van der Waals surface area (Å²) in [7, 11) is 1.30. The van der Waals surface area contributed by atoms with Gasteiger partial charge in [-0.3, -0.25) is 9.59 Å². The SMILES string of the molecule is COC(=O)c1ccc(/C=N\NC(=O)C(=O)N[C@@H](C)c2ccccc2)cc1. The van der Waals surface area contributed by atoms with Gasteiger partial charge in [-0.25, -0.2) is 10.2 Å². The lowest BCUT2D eigenvalue weighted by molar-refractivity contribution is -0.139. The van der Waals surface area contributed by atoms with Crippen molar-refractivity contribution in [2.45, 2.75) is 13.0 Å². The van der Waals surface area contributed by atoms with Crippen LogP contribution in [0.2, 0.25) is 0 Å². The molecule has 0 aromatic heterocycles. The number of hydrogen-bond acceptors (Lipinski definition) is 5. The molecule has 134 valence electrons. The number of carbonyl (C=O) groups is 3. The van der Waals surface area contributed by atoms with Crippen LogP contribution in [0.4, 0.5) is 0 Å². The molecule has 0 bridgehead atoms. The lowest BCUT2D eigenvalue weighted by atomic mass is 10.1. The molecule has 2 rings (SSSR count). The molecule has 0 radical (unpaired) electrons. The number of ether oxygens (including phenoxy) is 1. The fourth-order valence-corrected chi connectivity index (χ4v) is 2.13. The molecule has 0 aliphatic heterocycles. The van der Waals surface area contributed by atoms with Crippen molar-refractivity contribution in [3.63, 3.8) is 0 Å². The van der Waals surface area contributed by atoms with E-state index < -0.39 is 17.8 Å². The largest absolute Gasteiger partial charge is 0.465 e. The van der Waals surface area contributed by atoms with Gasteiger partial charge in [-0.1, -0.05) is 42.5 Å². The Morgan fingerprint density at radius 1 is 1.00 bits per heavy atom. The van der Waals surface area contributed by atoms with Gasteiger partial charge in [0.05, 0.1) is 24.9 Å². The van der Waals surface area contributed by atoms with Crippen LogP contribution in [-0.4, -0.2) is 31.1 Å². The summed E-state index contributed by atoms with van der Waals surface area (Å²) >= 11 is 0. The van der Waals surface area contributed by atoms with Crippen molar-refractivity contribution in [1.29, 1.82) is 0 Å². The molecule has 1 atom stereocenters. The molecule has 0 saturated heterocycles. The third-order valence-electron chi connectivity index (χ3n) is 3.56. The van der Waals surface area contributed by atoms with Gasteiger partial charge in [0.15, 0.2) is 0 Å². The maximum atomic E-state index is 11.9. The second-order valence-electron chi connectivity index (χ2n) is 5.42. The highest BCUT2D eigenvalue weighted by molar-refractivity contribution is 6.35. The second kappa shape index (κ2) is 9.12. The summed E-state index contributed by atoms with van der Waals surface area (Å²) in [5.41, 5.74) is 4.11. The maximum absolute atomic E-state index is 11.9. The highest BCUT2D eigenvalue weighted by atomic mass is 16.5. The first-order valence-corrected chi connectivity index (χ1v) is 7.88. The van der Waals surface area contributed by atoms with E-state index in [1.54, 1.807) is 31.2 Å². The van der Waals surface area contributed by atoms with E-state index in [9.17, 15) is 14.4 Å². The predicted octanol–water partition coefficient (Wildman–Crippen LogP) is 1.80. The highest BCUT2D eigenvalue weighted by Crippen LogP contribution is 2.10. The Labute approximate surface area is 151 Å². The minimum Gasteiger partial charge on any atom is -0.465 e. The van der Waals surface area contributed by atoms with Crippen LogP contribution in [-0.2, 0) is 14.3 Å². The number of esters is 1. The van der Waals surface area contributed by atoms with E-state index in [-0.39, 0.29) is 6.04 Å². The average Bonchev–Trinajstić information content (AvgIpc) is 2.68. The van der Waals surface area contributed by atoms with Crippen LogP contribution in [0.1, 0.15) is 34.5 Å². The lowest BCUT2D eigenvalue weighted by Crippen LogP contribution is -2.39. The Morgan fingerprint density at radius 3 is 2.27 bits per heavy atom. The fourth-order valence-electron chi connectivity index (χ4n) is 2.13. The summed E-state index contributed by atoms with van der Waals surface area (Å²) in [4.78, 5) is 35.0. The monoisotopic (exact) mass is 353 g/mol. The first-order chi connectivity index (χ1) is 12.5. The Hall–Kier alpha value is -3.48. The number of methoxy groups -OCH3 is 1. The van der Waals surface area contributed by atoms with Crippen LogP contribution in [0, 0.1) is 0 Å². The summed E-state index contributed by atoms with van der Waals surface area (Å²) in [6.45, 7) is 1.78. The van der Waals surface area contributed by atoms with E-state index in [4.69, 9.17) is 0 Å². The number of benzene rings is 2. The molecular formula is C19H19N3O4. The number of nitrogens with zero attached hydrogens (tertiary/aromatic N) is 1. The topological polar surface area (TPSA) is 96.9 Å². The molecule has 2 aromatic carbocycles. The molecule has 2 aromatic rings. The maximum Gasteiger partial charge on any atom is 0.337 e. The number of rotatable bonds is 5. The van der Waals surface area contributed by atoms with Gasteiger partial charge in [0.25, 0.3) is 0 Å². The Bertz CT molecular complexity index is 801. The number of hydrazone groups is 1. The molecular weight excluding hydrogens is 334 g/mol. The Kier molecular flexibility index (Phi) is 6.61. The first-order valence-electron chi connectivity index (χ1n) is 7.88. The molecule has 2 N–H and O–H groups in total. The van der Waals surface area contributed by atoms with Crippen LogP contribution in [0.5, 0.6) is 0 Å². The van der Waals surface area contributed by atoms with Crippen molar-refractivity contribution >= 4 is 24.0 Å². The number of amides is 2. The Balaban J connectivity index is 1.86. The van der Waals surface area contributed by atoms with Gasteiger partial charge < -0.3 is 10.1 Å². The summed E-state index contributed by atoms with van der Waals surface area (Å²) in [6.07, 6.45) is 1.37. The van der Waals surface area contributed by atoms with Crippen LogP contribution in [0.15, 0.2) is 59.7 Å². The summed E-state index contributed by atoms with van der Waals surface area (Å²) in [5, 5.41) is 6.33. The molecule has 7 heteroatoms. The van der Waals surface area contributed by atoms with Gasteiger partial charge in [-0.2, -0.15) is 5.10 Å². The van der Waals surface area contributed by atoms with Gasteiger partial charge >= 0.3 is 17.8 Å². The number of hydrogen-bond donors (Lipinski definition) is 2. The molecule has 0 fully saturated rings. The van der Waals surface area contributed by atoms with Crippen LogP contribution in [0.3, 0.4) is 0 Å². The molecule has 0 unspecified atom stereocenters. The van der Waals surface area contributed by atoms with Crippen LogP contribution < -0.4 is 10.7 Å². The van der Waals surface area contributed by atoms with Crippen molar-refractivity contribution in [3.05, 3.63) is 71.3 Å². The summed E-state index contributed by atoms with van der Waals surface area (Å²) in [6, 6.07) is 15.4.